The molecule has 0 spiro atoms. The van der Waals surface area contributed by atoms with Gasteiger partial charge in [0.15, 0.2) is 6.29 Å². The molecule has 6 heteroatoms. The third-order valence-corrected chi connectivity index (χ3v) is 5.11. The average molecular weight is 376 g/mol. The Bertz CT molecular complexity index is 581. The second-order valence-corrected chi connectivity index (χ2v) is 7.89. The summed E-state index contributed by atoms with van der Waals surface area (Å²) in [5.74, 6) is 0.774. The van der Waals surface area contributed by atoms with Gasteiger partial charge in [-0.25, -0.2) is 4.79 Å². The average Bonchev–Trinajstić information content (AvgIpc) is 3.24. The van der Waals surface area contributed by atoms with E-state index >= 15 is 0 Å². The largest absolute Gasteiger partial charge is 0.443 e. The Morgan fingerprint density at radius 1 is 1.26 bits per heavy atom. The lowest BCUT2D eigenvalue weighted by Crippen LogP contribution is -2.41. The summed E-state index contributed by atoms with van der Waals surface area (Å²) in [7, 11) is 0. The molecule has 0 aromatic heterocycles. The van der Waals surface area contributed by atoms with Crippen LogP contribution in [0.1, 0.15) is 32.3 Å². The highest BCUT2D eigenvalue weighted by Crippen LogP contribution is 2.32. The smallest absolute Gasteiger partial charge is 0.407 e. The first-order valence-electron chi connectivity index (χ1n) is 10.1. The van der Waals surface area contributed by atoms with Crippen molar-refractivity contribution in [3.63, 3.8) is 0 Å². The summed E-state index contributed by atoms with van der Waals surface area (Å²) in [5, 5.41) is 6.51. The van der Waals surface area contributed by atoms with E-state index < -0.39 is 0 Å². The van der Waals surface area contributed by atoms with Crippen LogP contribution in [0.3, 0.4) is 0 Å². The molecule has 0 saturated carbocycles. The first-order chi connectivity index (χ1) is 13.1. The topological polar surface area (TPSA) is 68.8 Å². The molecule has 2 aliphatic rings. The van der Waals surface area contributed by atoms with Crippen LogP contribution >= 0.6 is 0 Å². The van der Waals surface area contributed by atoms with Crippen LogP contribution in [0, 0.1) is 11.8 Å². The minimum atomic E-state index is -0.360. The van der Waals surface area contributed by atoms with Crippen molar-refractivity contribution in [3.05, 3.63) is 35.9 Å². The van der Waals surface area contributed by atoms with E-state index in [0.717, 1.165) is 32.4 Å². The van der Waals surface area contributed by atoms with Crippen molar-refractivity contribution < 1.29 is 19.0 Å². The molecule has 2 heterocycles. The number of ether oxygens (including phenoxy) is 3. The summed E-state index contributed by atoms with van der Waals surface area (Å²) in [6.07, 6.45) is 1.75. The van der Waals surface area contributed by atoms with E-state index in [-0.39, 0.29) is 30.4 Å². The Morgan fingerprint density at radius 3 is 2.85 bits per heavy atom. The molecule has 4 atom stereocenters. The number of benzene rings is 1. The molecular formula is C21H32N2O4. The normalized spacial score (nSPS) is 25.4. The zero-order valence-corrected chi connectivity index (χ0v) is 16.4. The zero-order chi connectivity index (χ0) is 19.1. The van der Waals surface area contributed by atoms with Crippen molar-refractivity contribution in [2.75, 3.05) is 26.3 Å². The van der Waals surface area contributed by atoms with E-state index in [9.17, 15) is 4.79 Å². The Labute approximate surface area is 161 Å². The van der Waals surface area contributed by atoms with Crippen LogP contribution in [-0.4, -0.2) is 50.8 Å². The van der Waals surface area contributed by atoms with Crippen LogP contribution in [0.4, 0.5) is 4.79 Å². The first kappa shape index (κ1) is 20.1. The number of fused-ring (bicyclic) bond motifs is 1. The summed E-state index contributed by atoms with van der Waals surface area (Å²) >= 11 is 0. The van der Waals surface area contributed by atoms with Gasteiger partial charge < -0.3 is 24.8 Å². The number of nitrogens with one attached hydrogen (secondary N) is 2. The van der Waals surface area contributed by atoms with Crippen LogP contribution in [0.2, 0.25) is 0 Å². The highest BCUT2D eigenvalue weighted by molar-refractivity contribution is 5.68. The van der Waals surface area contributed by atoms with E-state index in [1.54, 1.807) is 0 Å². The van der Waals surface area contributed by atoms with Gasteiger partial charge in [-0.05, 0) is 43.8 Å². The third-order valence-electron chi connectivity index (χ3n) is 5.11. The van der Waals surface area contributed by atoms with Gasteiger partial charge in [0.1, 0.15) is 6.10 Å². The lowest BCUT2D eigenvalue weighted by atomic mass is 10.0. The molecule has 150 valence electrons. The molecule has 2 unspecified atom stereocenters. The summed E-state index contributed by atoms with van der Waals surface area (Å²) in [4.78, 5) is 12.5. The van der Waals surface area contributed by atoms with E-state index in [1.165, 1.54) is 5.56 Å². The molecule has 0 radical (unpaired) electrons. The van der Waals surface area contributed by atoms with Gasteiger partial charge in [-0.15, -0.1) is 0 Å². The Morgan fingerprint density at radius 2 is 2.07 bits per heavy atom. The fraction of sp³-hybridized carbons (Fsp3) is 0.667. The SMILES string of the molecule is CC(C)CNCCC(Cc1ccccc1)NC(=O)O[C@H]1COC2OCC[C@H]21. The molecule has 27 heavy (non-hydrogen) atoms. The second-order valence-electron chi connectivity index (χ2n) is 7.89. The molecule has 2 aliphatic heterocycles. The molecule has 1 aromatic carbocycles. The Balaban J connectivity index is 1.50. The molecule has 1 amide bonds. The van der Waals surface area contributed by atoms with Crippen molar-refractivity contribution in [3.8, 4) is 0 Å². The molecule has 1 aromatic rings. The predicted molar refractivity (Wildman–Crippen MR) is 103 cm³/mol. The predicted octanol–water partition coefficient (Wildman–Crippen LogP) is 2.72. The Hall–Kier alpha value is -1.63. The maximum absolute atomic E-state index is 12.5. The number of hydrogen-bond donors (Lipinski definition) is 2. The van der Waals surface area contributed by atoms with Gasteiger partial charge in [-0.2, -0.15) is 0 Å². The monoisotopic (exact) mass is 376 g/mol. The van der Waals surface area contributed by atoms with Gasteiger partial charge in [0.05, 0.1) is 19.1 Å². The quantitative estimate of drug-likeness (QED) is 0.649. The maximum atomic E-state index is 12.5. The third kappa shape index (κ3) is 6.19. The second kappa shape index (κ2) is 10.1. The Kier molecular flexibility index (Phi) is 7.50. The van der Waals surface area contributed by atoms with E-state index in [4.69, 9.17) is 14.2 Å². The van der Waals surface area contributed by atoms with Gasteiger partial charge in [0, 0.05) is 6.04 Å². The number of rotatable bonds is 9. The van der Waals surface area contributed by atoms with Crippen molar-refractivity contribution >= 4 is 6.09 Å². The van der Waals surface area contributed by atoms with Crippen molar-refractivity contribution in [2.45, 2.75) is 51.5 Å². The van der Waals surface area contributed by atoms with Gasteiger partial charge in [-0.1, -0.05) is 44.2 Å². The number of carbonyl (C=O) groups is 1. The number of hydrogen-bond acceptors (Lipinski definition) is 5. The van der Waals surface area contributed by atoms with Crippen molar-refractivity contribution in [2.24, 2.45) is 11.8 Å². The lowest BCUT2D eigenvalue weighted by Gasteiger charge is -2.22. The molecule has 2 saturated heterocycles. The molecule has 6 nitrogen and oxygen atoms in total. The first-order valence-corrected chi connectivity index (χ1v) is 10.1. The van der Waals surface area contributed by atoms with Crippen molar-refractivity contribution in [1.82, 2.24) is 10.6 Å². The lowest BCUT2D eigenvalue weighted by molar-refractivity contribution is -0.0907. The van der Waals surface area contributed by atoms with Crippen LogP contribution in [0.15, 0.2) is 30.3 Å². The standard InChI is InChI=1S/C21H32N2O4/c1-15(2)13-22-10-8-17(12-16-6-4-3-5-7-16)23-21(24)27-19-14-26-20-18(19)9-11-25-20/h3-7,15,17-20,22H,8-14H2,1-2H3,(H,23,24)/t17?,18-,19-,20?/m0/s1. The zero-order valence-electron chi connectivity index (χ0n) is 16.4. The number of carbonyl (C=O) groups excluding carboxylic acids is 1. The maximum Gasteiger partial charge on any atom is 0.407 e. The molecular weight excluding hydrogens is 344 g/mol. The van der Waals surface area contributed by atoms with Crippen LogP contribution in [0.25, 0.3) is 0 Å². The highest BCUT2D eigenvalue weighted by Gasteiger charge is 2.43. The van der Waals surface area contributed by atoms with Crippen molar-refractivity contribution in [1.29, 1.82) is 0 Å². The van der Waals surface area contributed by atoms with Gasteiger partial charge in [0.25, 0.3) is 0 Å². The molecule has 2 N–H and O–H groups in total. The summed E-state index contributed by atoms with van der Waals surface area (Å²) in [6, 6.07) is 10.3. The minimum absolute atomic E-state index is 0.0255. The summed E-state index contributed by atoms with van der Waals surface area (Å²) in [6.45, 7) is 7.31. The van der Waals surface area contributed by atoms with Gasteiger partial charge >= 0.3 is 6.09 Å². The summed E-state index contributed by atoms with van der Waals surface area (Å²) in [5.41, 5.74) is 1.21. The molecule has 0 bridgehead atoms. The highest BCUT2D eigenvalue weighted by atomic mass is 16.7. The van der Waals surface area contributed by atoms with E-state index in [0.29, 0.717) is 19.1 Å². The fourth-order valence-electron chi connectivity index (χ4n) is 3.68. The van der Waals surface area contributed by atoms with Crippen LogP contribution in [-0.2, 0) is 20.6 Å². The van der Waals surface area contributed by atoms with Crippen LogP contribution < -0.4 is 10.6 Å². The minimum Gasteiger partial charge on any atom is -0.443 e. The van der Waals surface area contributed by atoms with Gasteiger partial charge in [-0.3, -0.25) is 0 Å². The molecule has 3 rings (SSSR count). The number of alkyl carbamates (subject to hydrolysis) is 1. The van der Waals surface area contributed by atoms with Crippen LogP contribution in [0.5, 0.6) is 0 Å². The number of amides is 1. The van der Waals surface area contributed by atoms with E-state index in [2.05, 4.69) is 36.6 Å². The summed E-state index contributed by atoms with van der Waals surface area (Å²) < 4.78 is 16.7. The molecule has 0 aliphatic carbocycles. The van der Waals surface area contributed by atoms with Gasteiger partial charge in [0.2, 0.25) is 0 Å². The molecule has 2 fully saturated rings. The fourth-order valence-corrected chi connectivity index (χ4v) is 3.68. The van der Waals surface area contributed by atoms with E-state index in [1.807, 2.05) is 18.2 Å².